The molecule has 4 aromatic rings. The summed E-state index contributed by atoms with van der Waals surface area (Å²) in [6, 6.07) is 19.1. The number of rotatable bonds is 46. The van der Waals surface area contributed by atoms with E-state index in [0.717, 1.165) is 298 Å². The molecule has 9 nitrogen and oxygen atoms in total. The zero-order valence-corrected chi connectivity index (χ0v) is 59.6. The highest BCUT2D eigenvalue weighted by Gasteiger charge is 2.60. The lowest BCUT2D eigenvalue weighted by Crippen LogP contribution is -2.48. The number of aryl methyl sites for hydroxylation is 12. The largest absolute Gasteiger partial charge is 0.387 e. The van der Waals surface area contributed by atoms with Gasteiger partial charge >= 0.3 is 17.2 Å². The molecule has 4 aromatic carbocycles. The van der Waals surface area contributed by atoms with E-state index in [-0.39, 0.29) is 0 Å². The number of hydrogen-bond acceptors (Lipinski definition) is 9. The van der Waals surface area contributed by atoms with E-state index in [1.54, 1.807) is 0 Å². The van der Waals surface area contributed by atoms with Gasteiger partial charge in [0.2, 0.25) is 0 Å². The fourth-order valence-electron chi connectivity index (χ4n) is 13.5. The molecule has 0 heterocycles. The Morgan fingerprint density at radius 3 is 0.511 bits per heavy atom. The zero-order chi connectivity index (χ0) is 65.0. The first kappa shape index (κ1) is 79.6. The van der Waals surface area contributed by atoms with Crippen molar-refractivity contribution < 1.29 is 44.3 Å². The second kappa shape index (κ2) is 44.8. The zero-order valence-electron chi connectivity index (χ0n) is 57.8. The first-order valence-electron chi connectivity index (χ1n) is 35.9. The second-order valence-corrected chi connectivity index (χ2v) is 27.4. The third kappa shape index (κ3) is 24.1. The van der Waals surface area contributed by atoms with Gasteiger partial charge in [0.1, 0.15) is 0 Å². The van der Waals surface area contributed by atoms with E-state index >= 15 is 20.4 Å². The Morgan fingerprint density at radius 2 is 0.398 bits per heavy atom. The van der Waals surface area contributed by atoms with Crippen LogP contribution in [-0.4, -0.2) is 40.0 Å². The average Bonchev–Trinajstić information content (AvgIpc) is 1.17. The van der Waals surface area contributed by atoms with Gasteiger partial charge < -0.3 is 40.0 Å². The van der Waals surface area contributed by atoms with Crippen molar-refractivity contribution in [2.24, 2.45) is 5.41 Å². The minimum atomic E-state index is -2.61. The van der Waals surface area contributed by atoms with Crippen molar-refractivity contribution in [2.45, 2.75) is 339 Å². The van der Waals surface area contributed by atoms with E-state index in [9.17, 15) is 0 Å². The lowest BCUT2D eigenvalue weighted by atomic mass is 9.58. The van der Waals surface area contributed by atoms with E-state index in [2.05, 4.69) is 136 Å². The van der Waals surface area contributed by atoms with Crippen molar-refractivity contribution in [3.05, 3.63) is 138 Å². The van der Waals surface area contributed by atoms with Crippen LogP contribution in [0.4, 0.5) is 0 Å². The Balaban J connectivity index is 0.00000272. The molecule has 0 radical (unpaired) electrons. The Morgan fingerprint density at radius 1 is 0.261 bits per heavy atom. The molecule has 500 valence electrons. The first-order chi connectivity index (χ1) is 42.5. The molecule has 11 heteroatoms. The maximum Gasteiger partial charge on any atom is 0.334 e. The number of benzene rings is 4. The van der Waals surface area contributed by atoms with E-state index < -0.39 is 47.0 Å². The minimum absolute atomic E-state index is 0.779. The number of hydrogen-bond donors (Lipinski definition) is 8. The Labute approximate surface area is 540 Å². The van der Waals surface area contributed by atoms with Gasteiger partial charge in [-0.1, -0.05) is 209 Å². The van der Waals surface area contributed by atoms with Gasteiger partial charge in [0.15, 0.2) is 0 Å². The van der Waals surface area contributed by atoms with Gasteiger partial charge in [-0.05, 0) is 243 Å². The van der Waals surface area contributed by atoms with Crippen LogP contribution in [0.3, 0.4) is 0 Å². The molecule has 4 unspecified atom stereocenters. The molecule has 4 rings (SSSR count). The van der Waals surface area contributed by atoms with Crippen LogP contribution in [0.25, 0.3) is 0 Å². The van der Waals surface area contributed by atoms with Crippen LogP contribution in [0, 0.1) is 5.41 Å². The molecule has 0 aliphatic heterocycles. The maximum atomic E-state index is 15.2. The van der Waals surface area contributed by atoms with Gasteiger partial charge in [-0.3, -0.25) is 0 Å². The van der Waals surface area contributed by atoms with Crippen molar-refractivity contribution >= 4 is 17.2 Å². The SMILES string of the molecule is CCCCc1cc(CCCC)c(C(O)C(C(O)c2c(CCCC)cc(CCCC)cc2CCCC)(C(O)c2c(CCCC)cc(CCCC)cc2CCCC)C(O)c2c(CCCC)cc(CCCC)cc2CCCC)c(CCCC)c1.OP(O)OP(O)O. The normalized spacial score (nSPS) is 13.9. The predicted octanol–water partition coefficient (Wildman–Crippen LogP) is 20.4. The number of aliphatic hydroxyl groups is 4. The highest BCUT2D eigenvalue weighted by Crippen LogP contribution is 2.63. The van der Waals surface area contributed by atoms with Crippen molar-refractivity contribution in [3.63, 3.8) is 0 Å². The quantitative estimate of drug-likeness (QED) is 0.0201. The molecular weight excluding hydrogens is 1130 g/mol. The summed E-state index contributed by atoms with van der Waals surface area (Å²) in [5.41, 5.74) is 15.6. The van der Waals surface area contributed by atoms with Gasteiger partial charge in [0.25, 0.3) is 0 Å². The Bertz CT molecular complexity index is 2070. The van der Waals surface area contributed by atoms with Gasteiger partial charge in [0, 0.05) is 0 Å². The molecule has 0 aromatic heterocycles. The molecule has 0 bridgehead atoms. The molecule has 0 spiro atoms. The number of aliphatic hydroxyl groups excluding tert-OH is 4. The van der Waals surface area contributed by atoms with E-state index in [1.165, 1.54) is 22.3 Å². The average molecular weight is 1260 g/mol. The lowest BCUT2D eigenvalue weighted by molar-refractivity contribution is -0.206. The first-order valence-corrected chi connectivity index (χ1v) is 38.2. The summed E-state index contributed by atoms with van der Waals surface area (Å²) < 4.78 is 3.60. The molecule has 0 amide bonds. The highest BCUT2D eigenvalue weighted by atomic mass is 31.2. The smallest absolute Gasteiger partial charge is 0.334 e. The van der Waals surface area contributed by atoms with E-state index in [0.29, 0.717) is 0 Å². The minimum Gasteiger partial charge on any atom is -0.387 e. The van der Waals surface area contributed by atoms with Crippen molar-refractivity contribution in [1.29, 1.82) is 0 Å². The van der Waals surface area contributed by atoms with E-state index in [4.69, 9.17) is 19.6 Å². The second-order valence-electron chi connectivity index (χ2n) is 25.8. The summed E-state index contributed by atoms with van der Waals surface area (Å²) in [6.45, 7) is 27.2. The van der Waals surface area contributed by atoms with Crippen LogP contribution in [0.15, 0.2) is 48.5 Å². The summed E-state index contributed by atoms with van der Waals surface area (Å²) in [6.07, 6.45) is 28.7. The van der Waals surface area contributed by atoms with Crippen LogP contribution in [0.5, 0.6) is 0 Å². The van der Waals surface area contributed by atoms with Crippen LogP contribution < -0.4 is 0 Å². The van der Waals surface area contributed by atoms with Crippen molar-refractivity contribution in [1.82, 2.24) is 0 Å². The Kier molecular flexibility index (Phi) is 40.6. The monoisotopic (exact) mass is 1260 g/mol. The molecule has 0 fully saturated rings. The fourth-order valence-corrected chi connectivity index (χ4v) is 14.0. The molecule has 4 atom stereocenters. The predicted molar refractivity (Wildman–Crippen MR) is 375 cm³/mol. The fraction of sp³-hybridized carbons (Fsp3) is 0.688. The molecule has 0 aliphatic rings. The molecule has 0 aliphatic carbocycles. The third-order valence-corrected chi connectivity index (χ3v) is 19.6. The molecule has 0 saturated heterocycles. The lowest BCUT2D eigenvalue weighted by Gasteiger charge is -2.51. The molecule has 88 heavy (non-hydrogen) atoms. The van der Waals surface area contributed by atoms with Crippen LogP contribution >= 0.6 is 17.2 Å². The summed E-state index contributed by atoms with van der Waals surface area (Å²) in [5, 5.41) is 60.7. The molecular formula is C77H128O9P2. The number of unbranched alkanes of at least 4 members (excludes halogenated alkanes) is 12. The van der Waals surface area contributed by atoms with Gasteiger partial charge in [-0.25, -0.2) is 4.31 Å². The summed E-state index contributed by atoms with van der Waals surface area (Å²) in [7, 11) is -5.22. The van der Waals surface area contributed by atoms with Crippen LogP contribution in [0.2, 0.25) is 0 Å². The van der Waals surface area contributed by atoms with Crippen LogP contribution in [-0.2, 0) is 81.4 Å². The molecule has 8 N–H and O–H groups in total. The Hall–Kier alpha value is -2.62. The maximum absolute atomic E-state index is 15.2. The molecule has 0 saturated carbocycles. The van der Waals surface area contributed by atoms with Gasteiger partial charge in [-0.2, -0.15) is 0 Å². The van der Waals surface area contributed by atoms with Gasteiger partial charge in [-0.15, -0.1) is 0 Å². The van der Waals surface area contributed by atoms with E-state index in [1.807, 2.05) is 0 Å². The van der Waals surface area contributed by atoms with Gasteiger partial charge in [0.05, 0.1) is 29.8 Å². The summed E-state index contributed by atoms with van der Waals surface area (Å²) in [4.78, 5) is 31.3. The van der Waals surface area contributed by atoms with Crippen LogP contribution in [0.1, 0.15) is 351 Å². The third-order valence-electron chi connectivity index (χ3n) is 18.5. The topological polar surface area (TPSA) is 171 Å². The van der Waals surface area contributed by atoms with Crippen molar-refractivity contribution in [3.8, 4) is 0 Å². The summed E-state index contributed by atoms with van der Waals surface area (Å²) >= 11 is 0. The summed E-state index contributed by atoms with van der Waals surface area (Å²) in [5.74, 6) is 0. The highest BCUT2D eigenvalue weighted by molar-refractivity contribution is 7.53. The standard InChI is InChI=1S/C77H124O4.H4O5P2/c1-13-25-37-57-49-61(41-29-17-5)69(62(50-57)42-30-18-6)73(78)77(74(79)70-63(43-31-19-7)51-58(38-26-14-2)52-64(70)44-32-20-8,75(80)71-65(45-33-21-9)53-59(39-27-15-3)54-66(71)46-34-22-10)76(81)72-67(47-35-23-11)55-60(40-28-16-4)56-68(72)48-36-24-12;1-6(2)5-7(3)4/h49-56,73-76,78-81H,13-48H2,1-12H3;1-4H. The van der Waals surface area contributed by atoms with Crippen molar-refractivity contribution in [2.75, 3.05) is 0 Å².